The van der Waals surface area contributed by atoms with E-state index in [1.54, 1.807) is 0 Å². The number of amides is 1. The fourth-order valence-corrected chi connectivity index (χ4v) is 3.42. The molecule has 2 aliphatic rings. The number of piperidine rings is 1. The molecule has 0 radical (unpaired) electrons. The van der Waals surface area contributed by atoms with Crippen molar-refractivity contribution in [3.63, 3.8) is 0 Å². The second-order valence-corrected chi connectivity index (χ2v) is 6.05. The summed E-state index contributed by atoms with van der Waals surface area (Å²) in [6, 6.07) is 0.315. The average molecular weight is 293 g/mol. The van der Waals surface area contributed by atoms with Crippen molar-refractivity contribution in [1.29, 1.82) is 0 Å². The van der Waals surface area contributed by atoms with E-state index < -0.39 is 0 Å². The first-order valence-corrected chi connectivity index (χ1v) is 7.88. The lowest BCUT2D eigenvalue weighted by atomic mass is 10.0. The smallest absolute Gasteiger partial charge is 0.338 e. The predicted molar refractivity (Wildman–Crippen MR) is 77.9 cm³/mol. The quantitative estimate of drug-likeness (QED) is 0.825. The van der Waals surface area contributed by atoms with E-state index in [9.17, 15) is 9.59 Å². The number of likely N-dealkylation sites (tertiary alicyclic amines) is 2. The van der Waals surface area contributed by atoms with E-state index >= 15 is 0 Å². The number of nitrogens with one attached hydrogen (secondary N) is 2. The van der Waals surface area contributed by atoms with E-state index in [-0.39, 0.29) is 18.0 Å². The van der Waals surface area contributed by atoms with Gasteiger partial charge < -0.3 is 9.80 Å². The van der Waals surface area contributed by atoms with Crippen LogP contribution in [0, 0.1) is 0 Å². The molecule has 3 rings (SSSR count). The lowest BCUT2D eigenvalue weighted by molar-refractivity contribution is -0.134. The summed E-state index contributed by atoms with van der Waals surface area (Å²) < 4.78 is 0. The molecule has 0 spiro atoms. The van der Waals surface area contributed by atoms with Crippen LogP contribution in [0.2, 0.25) is 0 Å². The molecule has 1 aromatic heterocycles. The topological polar surface area (TPSA) is 85.1 Å². The van der Waals surface area contributed by atoms with Crippen molar-refractivity contribution in [2.75, 3.05) is 26.2 Å². The third kappa shape index (κ3) is 3.53. The van der Waals surface area contributed by atoms with Gasteiger partial charge in [0.15, 0.2) is 0 Å². The Balaban J connectivity index is 1.62. The summed E-state index contributed by atoms with van der Waals surface area (Å²) in [6.07, 6.45) is 6.07. The normalized spacial score (nSPS) is 23.6. The van der Waals surface area contributed by atoms with Gasteiger partial charge in [0.05, 0.1) is 6.42 Å². The highest BCUT2D eigenvalue weighted by atomic mass is 16.2. The van der Waals surface area contributed by atoms with Crippen molar-refractivity contribution in [2.24, 2.45) is 0 Å². The number of hydrogen-bond donors (Lipinski definition) is 2. The number of carbonyl (C=O) groups is 1. The summed E-state index contributed by atoms with van der Waals surface area (Å²) in [4.78, 5) is 30.5. The minimum atomic E-state index is -0.356. The largest absolute Gasteiger partial charge is 0.340 e. The molecule has 2 saturated heterocycles. The molecule has 3 heterocycles. The van der Waals surface area contributed by atoms with Crippen LogP contribution in [0.3, 0.4) is 0 Å². The summed E-state index contributed by atoms with van der Waals surface area (Å²) in [5.41, 5.74) is -0.356. The van der Waals surface area contributed by atoms with Gasteiger partial charge in [-0.2, -0.15) is 5.10 Å². The van der Waals surface area contributed by atoms with Crippen LogP contribution in [0.5, 0.6) is 0 Å². The van der Waals surface area contributed by atoms with Crippen LogP contribution < -0.4 is 5.69 Å². The van der Waals surface area contributed by atoms with Crippen LogP contribution in [0.1, 0.15) is 37.9 Å². The lowest BCUT2D eigenvalue weighted by Crippen LogP contribution is -2.49. The first-order chi connectivity index (χ1) is 10.2. The Morgan fingerprint density at radius 3 is 2.67 bits per heavy atom. The second-order valence-electron chi connectivity index (χ2n) is 6.05. The maximum Gasteiger partial charge on any atom is 0.340 e. The lowest BCUT2D eigenvalue weighted by Gasteiger charge is -2.37. The first kappa shape index (κ1) is 14.3. The summed E-state index contributed by atoms with van der Waals surface area (Å²) in [5.74, 6) is 0.497. The van der Waals surface area contributed by atoms with Crippen LogP contribution in [0.25, 0.3) is 0 Å². The molecule has 0 saturated carbocycles. The van der Waals surface area contributed by atoms with Gasteiger partial charge in [-0.05, 0) is 45.2 Å². The van der Waals surface area contributed by atoms with Crippen molar-refractivity contribution in [2.45, 2.75) is 44.6 Å². The minimum Gasteiger partial charge on any atom is -0.338 e. The third-order valence-electron chi connectivity index (χ3n) is 4.48. The summed E-state index contributed by atoms with van der Waals surface area (Å²) in [6.45, 7) is 4.13. The average Bonchev–Trinajstić information content (AvgIpc) is 3.11. The van der Waals surface area contributed by atoms with Gasteiger partial charge in [0.25, 0.3) is 0 Å². The van der Waals surface area contributed by atoms with Crippen LogP contribution in [-0.4, -0.2) is 63.1 Å². The molecule has 7 heteroatoms. The highest BCUT2D eigenvalue weighted by Gasteiger charge is 2.29. The van der Waals surface area contributed by atoms with Crippen molar-refractivity contribution < 1.29 is 4.79 Å². The number of carbonyl (C=O) groups excluding carboxylic acids is 1. The highest BCUT2D eigenvalue weighted by molar-refractivity contribution is 5.78. The summed E-state index contributed by atoms with van der Waals surface area (Å²) >= 11 is 0. The zero-order valence-corrected chi connectivity index (χ0v) is 12.3. The van der Waals surface area contributed by atoms with Gasteiger partial charge in [-0.1, -0.05) is 0 Å². The van der Waals surface area contributed by atoms with E-state index in [1.165, 1.54) is 19.3 Å². The Labute approximate surface area is 123 Å². The van der Waals surface area contributed by atoms with Crippen LogP contribution in [0.4, 0.5) is 0 Å². The summed E-state index contributed by atoms with van der Waals surface area (Å²) in [5, 5.41) is 6.13. The third-order valence-corrected chi connectivity index (χ3v) is 4.48. The van der Waals surface area contributed by atoms with Gasteiger partial charge in [0.2, 0.25) is 5.91 Å². The van der Waals surface area contributed by atoms with Crippen LogP contribution >= 0.6 is 0 Å². The number of aromatic nitrogens is 3. The molecule has 0 aromatic carbocycles. The van der Waals surface area contributed by atoms with Gasteiger partial charge in [0, 0.05) is 19.1 Å². The Hall–Kier alpha value is -1.63. The molecule has 2 fully saturated rings. The fourth-order valence-electron chi connectivity index (χ4n) is 3.42. The number of nitrogens with zero attached hydrogens (tertiary/aromatic N) is 3. The summed E-state index contributed by atoms with van der Waals surface area (Å²) in [7, 11) is 0. The van der Waals surface area contributed by atoms with Crippen molar-refractivity contribution in [1.82, 2.24) is 25.0 Å². The van der Waals surface area contributed by atoms with Crippen LogP contribution in [-0.2, 0) is 11.2 Å². The molecule has 1 aromatic rings. The van der Waals surface area contributed by atoms with Gasteiger partial charge >= 0.3 is 5.69 Å². The van der Waals surface area contributed by atoms with Crippen molar-refractivity contribution >= 4 is 5.91 Å². The van der Waals surface area contributed by atoms with Gasteiger partial charge in [-0.15, -0.1) is 0 Å². The molecule has 1 amide bonds. The maximum absolute atomic E-state index is 12.5. The molecule has 21 heavy (non-hydrogen) atoms. The van der Waals surface area contributed by atoms with Gasteiger partial charge in [-0.3, -0.25) is 9.78 Å². The monoisotopic (exact) mass is 293 g/mol. The zero-order valence-electron chi connectivity index (χ0n) is 12.3. The van der Waals surface area contributed by atoms with E-state index in [2.05, 4.69) is 20.1 Å². The molecule has 0 aliphatic carbocycles. The van der Waals surface area contributed by atoms with E-state index in [1.807, 2.05) is 4.90 Å². The molecule has 7 nitrogen and oxygen atoms in total. The Morgan fingerprint density at radius 2 is 1.95 bits per heavy atom. The first-order valence-electron chi connectivity index (χ1n) is 7.88. The molecular weight excluding hydrogens is 270 g/mol. The molecule has 1 unspecified atom stereocenters. The van der Waals surface area contributed by atoms with Gasteiger partial charge in [0.1, 0.15) is 5.82 Å². The highest BCUT2D eigenvalue weighted by Crippen LogP contribution is 2.20. The Kier molecular flexibility index (Phi) is 4.38. The predicted octanol–water partition coefficient (Wildman–Crippen LogP) is 0.117. The van der Waals surface area contributed by atoms with Gasteiger partial charge in [-0.25, -0.2) is 9.89 Å². The molecule has 2 N–H and O–H groups in total. The number of aromatic amines is 2. The number of rotatable bonds is 4. The van der Waals surface area contributed by atoms with E-state index in [4.69, 9.17) is 0 Å². The van der Waals surface area contributed by atoms with Crippen molar-refractivity contribution in [3.05, 3.63) is 16.3 Å². The molecular formula is C14H23N5O2. The second kappa shape index (κ2) is 6.43. The van der Waals surface area contributed by atoms with Crippen molar-refractivity contribution in [3.8, 4) is 0 Å². The molecule has 116 valence electrons. The molecule has 1 atom stereocenters. The minimum absolute atomic E-state index is 0.0710. The SMILES string of the molecule is O=C(Cc1n[nH]c(=O)[nH]1)N1CCCCC1CN1CCCC1. The maximum atomic E-state index is 12.5. The Bertz CT molecular complexity index is 531. The number of H-pyrrole nitrogens is 2. The molecule has 0 bridgehead atoms. The Morgan fingerprint density at radius 1 is 1.19 bits per heavy atom. The zero-order chi connectivity index (χ0) is 14.7. The van der Waals surface area contributed by atoms with E-state index in [0.29, 0.717) is 11.9 Å². The van der Waals surface area contributed by atoms with Crippen LogP contribution in [0.15, 0.2) is 4.79 Å². The van der Waals surface area contributed by atoms with E-state index in [0.717, 1.165) is 39.0 Å². The standard InChI is InChI=1S/C14H23N5O2/c20-13(9-12-15-14(21)17-16-12)19-8-2-1-5-11(19)10-18-6-3-4-7-18/h11H,1-10H2,(H2,15,16,17,21). The number of hydrogen-bond acceptors (Lipinski definition) is 4. The fraction of sp³-hybridized carbons (Fsp3) is 0.786. The molecule has 2 aliphatic heterocycles.